The first-order chi connectivity index (χ1) is 4.88. The van der Waals surface area contributed by atoms with Gasteiger partial charge in [-0.05, 0) is 12.8 Å². The molecular weight excluding hydrogens is 146 g/mol. The van der Waals surface area contributed by atoms with E-state index >= 15 is 0 Å². The first-order valence-electron chi connectivity index (χ1n) is 3.83. The topological polar surface area (TPSA) is 21.3 Å². The zero-order valence-electron chi connectivity index (χ0n) is 5.80. The fourth-order valence-electron chi connectivity index (χ4n) is 1.75. The van der Waals surface area contributed by atoms with Crippen LogP contribution in [-0.2, 0) is 4.84 Å². The fourth-order valence-corrected chi connectivity index (χ4v) is 2.07. The molecule has 1 heterocycles. The second kappa shape index (κ2) is 2.47. The van der Waals surface area contributed by atoms with Crippen molar-refractivity contribution in [2.45, 2.75) is 31.8 Å². The molecular formula is C7H11NOS. The Balaban J connectivity index is 2.08. The molecule has 0 aromatic heterocycles. The molecule has 1 N–H and O–H groups in total. The van der Waals surface area contributed by atoms with E-state index in [1.54, 1.807) is 0 Å². The van der Waals surface area contributed by atoms with Gasteiger partial charge in [-0.2, -0.15) is 0 Å². The molecule has 0 aromatic rings. The summed E-state index contributed by atoms with van der Waals surface area (Å²) in [4.78, 5) is 6.20. The number of nitrogens with one attached hydrogen (secondary N) is 1. The molecule has 0 spiro atoms. The molecule has 0 radical (unpaired) electrons. The Morgan fingerprint density at radius 1 is 1.40 bits per heavy atom. The third-order valence-electron chi connectivity index (χ3n) is 2.35. The minimum absolute atomic E-state index is 0.390. The molecule has 0 amide bonds. The quantitative estimate of drug-likeness (QED) is 0.537. The van der Waals surface area contributed by atoms with Crippen LogP contribution in [0, 0.1) is 5.92 Å². The van der Waals surface area contributed by atoms with E-state index in [4.69, 9.17) is 17.1 Å². The van der Waals surface area contributed by atoms with Gasteiger partial charge in [0.2, 0.25) is 0 Å². The number of hydroxylamine groups is 1. The van der Waals surface area contributed by atoms with Gasteiger partial charge in [0.15, 0.2) is 0 Å². The highest BCUT2D eigenvalue weighted by Gasteiger charge is 2.34. The Kier molecular flexibility index (Phi) is 1.62. The Bertz CT molecular complexity index is 160. The van der Waals surface area contributed by atoms with E-state index in [1.807, 2.05) is 0 Å². The average molecular weight is 157 g/mol. The lowest BCUT2D eigenvalue weighted by atomic mass is 9.87. The van der Waals surface area contributed by atoms with Gasteiger partial charge in [-0.3, -0.25) is 10.3 Å². The summed E-state index contributed by atoms with van der Waals surface area (Å²) in [6, 6.07) is 0. The molecule has 2 unspecified atom stereocenters. The summed E-state index contributed by atoms with van der Waals surface area (Å²) >= 11 is 5.08. The largest absolute Gasteiger partial charge is 0.272 e. The highest BCUT2D eigenvalue weighted by molar-refractivity contribution is 7.80. The van der Waals surface area contributed by atoms with Crippen LogP contribution in [-0.4, -0.2) is 11.1 Å². The maximum Gasteiger partial charge on any atom is 0.106 e. The van der Waals surface area contributed by atoms with Crippen LogP contribution in [0.1, 0.15) is 25.7 Å². The summed E-state index contributed by atoms with van der Waals surface area (Å²) in [6.07, 6.45) is 5.40. The van der Waals surface area contributed by atoms with Crippen molar-refractivity contribution < 1.29 is 4.84 Å². The third-order valence-corrected chi connectivity index (χ3v) is 2.74. The predicted molar refractivity (Wildman–Crippen MR) is 42.6 cm³/mol. The van der Waals surface area contributed by atoms with Gasteiger partial charge in [-0.15, -0.1) is 0 Å². The van der Waals surface area contributed by atoms with Crippen LogP contribution in [0.15, 0.2) is 0 Å². The molecule has 10 heavy (non-hydrogen) atoms. The van der Waals surface area contributed by atoms with Crippen LogP contribution in [0.5, 0.6) is 0 Å². The Hall–Kier alpha value is -0.150. The number of rotatable bonds is 0. The summed E-state index contributed by atoms with van der Waals surface area (Å²) in [5.41, 5.74) is 2.79. The molecule has 1 saturated carbocycles. The first-order valence-corrected chi connectivity index (χ1v) is 4.24. The van der Waals surface area contributed by atoms with E-state index in [2.05, 4.69) is 5.48 Å². The van der Waals surface area contributed by atoms with E-state index in [-0.39, 0.29) is 0 Å². The Morgan fingerprint density at radius 2 is 2.20 bits per heavy atom. The minimum atomic E-state index is 0.390. The molecule has 2 fully saturated rings. The second-order valence-electron chi connectivity index (χ2n) is 3.01. The maximum absolute atomic E-state index is 5.28. The Morgan fingerprint density at radius 3 is 3.00 bits per heavy atom. The van der Waals surface area contributed by atoms with Gasteiger partial charge in [-0.25, -0.2) is 0 Å². The number of hydrogen-bond acceptors (Lipinski definition) is 2. The minimum Gasteiger partial charge on any atom is -0.272 e. The predicted octanol–water partition coefficient (Wildman–Crippen LogP) is 1.41. The number of thiocarbonyl (C=S) groups is 1. The second-order valence-corrected chi connectivity index (χ2v) is 3.45. The van der Waals surface area contributed by atoms with E-state index in [1.165, 1.54) is 25.7 Å². The molecule has 3 heteroatoms. The van der Waals surface area contributed by atoms with E-state index < -0.39 is 0 Å². The van der Waals surface area contributed by atoms with Crippen molar-refractivity contribution in [3.63, 3.8) is 0 Å². The van der Waals surface area contributed by atoms with Crippen molar-refractivity contribution in [2.75, 3.05) is 0 Å². The monoisotopic (exact) mass is 157 g/mol. The molecule has 2 aliphatic rings. The smallest absolute Gasteiger partial charge is 0.106 e. The standard InChI is InChI=1S/C7H11NOS/c10-7-5-3-1-2-4-6(5)9-8-7/h5-6H,1-4H2,(H,8,10). The van der Waals surface area contributed by atoms with Crippen molar-refractivity contribution in [2.24, 2.45) is 5.92 Å². The third kappa shape index (κ3) is 0.935. The van der Waals surface area contributed by atoms with Crippen LogP contribution >= 0.6 is 12.2 Å². The van der Waals surface area contributed by atoms with Crippen LogP contribution in [0.25, 0.3) is 0 Å². The van der Waals surface area contributed by atoms with E-state index in [0.717, 1.165) is 4.99 Å². The zero-order valence-corrected chi connectivity index (χ0v) is 6.62. The summed E-state index contributed by atoms with van der Waals surface area (Å²) in [5, 5.41) is 0. The lowest BCUT2D eigenvalue weighted by Gasteiger charge is -2.20. The number of hydrogen-bond donors (Lipinski definition) is 1. The lowest BCUT2D eigenvalue weighted by molar-refractivity contribution is 0.0117. The van der Waals surface area contributed by atoms with Gasteiger partial charge >= 0.3 is 0 Å². The normalized spacial score (nSPS) is 39.0. The van der Waals surface area contributed by atoms with Gasteiger partial charge < -0.3 is 0 Å². The summed E-state index contributed by atoms with van der Waals surface area (Å²) in [6.45, 7) is 0. The first kappa shape index (κ1) is 6.55. The van der Waals surface area contributed by atoms with Gasteiger partial charge in [0, 0.05) is 5.92 Å². The zero-order chi connectivity index (χ0) is 6.97. The molecule has 2 rings (SSSR count). The fraction of sp³-hybridized carbons (Fsp3) is 0.857. The molecule has 2 atom stereocenters. The van der Waals surface area contributed by atoms with Crippen LogP contribution < -0.4 is 5.48 Å². The van der Waals surface area contributed by atoms with E-state index in [0.29, 0.717) is 12.0 Å². The maximum atomic E-state index is 5.28. The van der Waals surface area contributed by atoms with Gasteiger partial charge in [0.25, 0.3) is 0 Å². The molecule has 56 valence electrons. The van der Waals surface area contributed by atoms with Gasteiger partial charge in [0.05, 0.1) is 6.10 Å². The Labute approximate surface area is 65.9 Å². The van der Waals surface area contributed by atoms with Crippen molar-refractivity contribution in [3.05, 3.63) is 0 Å². The van der Waals surface area contributed by atoms with Crippen LogP contribution in [0.4, 0.5) is 0 Å². The van der Waals surface area contributed by atoms with E-state index in [9.17, 15) is 0 Å². The molecule has 2 nitrogen and oxygen atoms in total. The summed E-state index contributed by atoms with van der Waals surface area (Å²) in [5.74, 6) is 0.531. The number of fused-ring (bicyclic) bond motifs is 1. The van der Waals surface area contributed by atoms with Crippen molar-refractivity contribution in [3.8, 4) is 0 Å². The van der Waals surface area contributed by atoms with Gasteiger partial charge in [0.1, 0.15) is 4.99 Å². The lowest BCUT2D eigenvalue weighted by Crippen LogP contribution is -2.23. The molecule has 1 saturated heterocycles. The molecule has 1 aliphatic heterocycles. The van der Waals surface area contributed by atoms with Crippen molar-refractivity contribution >= 4 is 17.2 Å². The molecule has 1 aliphatic carbocycles. The van der Waals surface area contributed by atoms with Gasteiger partial charge in [-0.1, -0.05) is 25.1 Å². The SMILES string of the molecule is S=C1NOC2CCCCC12. The molecule has 0 bridgehead atoms. The highest BCUT2D eigenvalue weighted by atomic mass is 32.1. The highest BCUT2D eigenvalue weighted by Crippen LogP contribution is 2.30. The van der Waals surface area contributed by atoms with Crippen molar-refractivity contribution in [1.82, 2.24) is 5.48 Å². The van der Waals surface area contributed by atoms with Crippen molar-refractivity contribution in [1.29, 1.82) is 0 Å². The average Bonchev–Trinajstić information content (AvgIpc) is 2.34. The summed E-state index contributed by atoms with van der Waals surface area (Å²) in [7, 11) is 0. The van der Waals surface area contributed by atoms with Crippen LogP contribution in [0.2, 0.25) is 0 Å². The van der Waals surface area contributed by atoms with Crippen LogP contribution in [0.3, 0.4) is 0 Å². The summed E-state index contributed by atoms with van der Waals surface area (Å²) < 4.78 is 0. The molecule has 0 aromatic carbocycles.